The van der Waals surface area contributed by atoms with Crippen molar-refractivity contribution in [3.8, 4) is 0 Å². The molecule has 1 aromatic rings. The summed E-state index contributed by atoms with van der Waals surface area (Å²) >= 11 is 0. The fraction of sp³-hybridized carbons (Fsp3) is 0.556. The minimum absolute atomic E-state index is 0.116. The van der Waals surface area contributed by atoms with E-state index in [-0.39, 0.29) is 19.3 Å². The van der Waals surface area contributed by atoms with Gasteiger partial charge in [-0.05, 0) is 20.3 Å². The lowest BCUT2D eigenvalue weighted by Crippen LogP contribution is -2.57. The van der Waals surface area contributed by atoms with E-state index >= 15 is 0 Å². The van der Waals surface area contributed by atoms with Crippen LogP contribution in [-0.2, 0) is 30.4 Å². The predicted molar refractivity (Wildman–Crippen MR) is 109 cm³/mol. The van der Waals surface area contributed by atoms with Crippen LogP contribution in [-0.4, -0.2) is 80.1 Å². The third kappa shape index (κ3) is 8.69. The molecule has 10 N–H and O–H groups in total. The summed E-state index contributed by atoms with van der Waals surface area (Å²) in [6.45, 7) is 2.47. The summed E-state index contributed by atoms with van der Waals surface area (Å²) in [5, 5.41) is 25.3. The molecule has 0 radical (unpaired) electrons. The number of carbonyl (C=O) groups excluding carboxylic acids is 4. The highest BCUT2D eigenvalue weighted by molar-refractivity contribution is 5.94. The molecule has 0 aliphatic rings. The van der Waals surface area contributed by atoms with Crippen molar-refractivity contribution < 1.29 is 34.2 Å². The number of H-pyrrole nitrogens is 1. The standard InChI is InChI=1S/C18H29N7O7/c1-8(15(28)25-14(9(2)26)18(31)32)23-17(30)12(3-4-13(20)27)24-16(29)11(19)5-10-6-21-7-22-10/h6-9,11-12,14,26H,3-5,19H2,1-2H3,(H2,20,27)(H,21,22)(H,23,30)(H,24,29)(H,25,28)(H,31,32). The van der Waals surface area contributed by atoms with Gasteiger partial charge in [0, 0.05) is 24.7 Å². The summed E-state index contributed by atoms with van der Waals surface area (Å²) < 4.78 is 0. The maximum atomic E-state index is 12.6. The second kappa shape index (κ2) is 12.4. The Hall–Kier alpha value is -3.52. The number of aromatic nitrogens is 2. The van der Waals surface area contributed by atoms with Crippen LogP contribution in [0.25, 0.3) is 0 Å². The van der Waals surface area contributed by atoms with Gasteiger partial charge in [0.05, 0.1) is 18.5 Å². The summed E-state index contributed by atoms with van der Waals surface area (Å²) in [6, 6.07) is -5.05. The molecular formula is C18H29N7O7. The lowest BCUT2D eigenvalue weighted by molar-refractivity contribution is -0.145. The molecule has 0 bridgehead atoms. The van der Waals surface area contributed by atoms with Gasteiger partial charge in [-0.2, -0.15) is 0 Å². The van der Waals surface area contributed by atoms with Crippen LogP contribution in [0.4, 0.5) is 0 Å². The van der Waals surface area contributed by atoms with Crippen molar-refractivity contribution in [2.75, 3.05) is 0 Å². The zero-order valence-corrected chi connectivity index (χ0v) is 17.7. The highest BCUT2D eigenvalue weighted by Crippen LogP contribution is 2.02. The third-order valence-electron chi connectivity index (χ3n) is 4.44. The highest BCUT2D eigenvalue weighted by atomic mass is 16.4. The number of hydrogen-bond acceptors (Lipinski definition) is 8. The first-order chi connectivity index (χ1) is 14.9. The molecule has 1 rings (SSSR count). The molecule has 0 aliphatic heterocycles. The summed E-state index contributed by atoms with van der Waals surface area (Å²) in [6.07, 6.45) is 1.27. The van der Waals surface area contributed by atoms with E-state index in [4.69, 9.17) is 16.6 Å². The van der Waals surface area contributed by atoms with Crippen molar-refractivity contribution in [3.05, 3.63) is 18.2 Å². The van der Waals surface area contributed by atoms with E-state index < -0.39 is 59.9 Å². The first-order valence-corrected chi connectivity index (χ1v) is 9.75. The molecule has 5 unspecified atom stereocenters. The molecule has 0 aliphatic carbocycles. The van der Waals surface area contributed by atoms with Crippen LogP contribution in [0.3, 0.4) is 0 Å². The number of nitrogens with zero attached hydrogens (tertiary/aromatic N) is 1. The number of aromatic amines is 1. The second-order valence-corrected chi connectivity index (χ2v) is 7.25. The Morgan fingerprint density at radius 1 is 1.09 bits per heavy atom. The molecule has 32 heavy (non-hydrogen) atoms. The van der Waals surface area contributed by atoms with E-state index in [1.165, 1.54) is 26.4 Å². The summed E-state index contributed by atoms with van der Waals surface area (Å²) in [4.78, 5) is 66.1. The van der Waals surface area contributed by atoms with Gasteiger partial charge in [-0.15, -0.1) is 0 Å². The zero-order valence-electron chi connectivity index (χ0n) is 17.7. The minimum atomic E-state index is -1.58. The summed E-state index contributed by atoms with van der Waals surface area (Å²) in [7, 11) is 0. The molecule has 0 saturated heterocycles. The summed E-state index contributed by atoms with van der Waals surface area (Å²) in [5.74, 6) is -4.51. The molecule has 1 heterocycles. The average Bonchev–Trinajstić information content (AvgIpc) is 3.20. The molecule has 4 amide bonds. The first kappa shape index (κ1) is 26.5. The van der Waals surface area contributed by atoms with E-state index in [1.54, 1.807) is 0 Å². The van der Waals surface area contributed by atoms with Crippen molar-refractivity contribution in [2.45, 2.75) is 63.4 Å². The van der Waals surface area contributed by atoms with Gasteiger partial charge >= 0.3 is 5.97 Å². The van der Waals surface area contributed by atoms with E-state index in [2.05, 4.69) is 25.9 Å². The molecule has 5 atom stereocenters. The summed E-state index contributed by atoms with van der Waals surface area (Å²) in [5.41, 5.74) is 11.6. The van der Waals surface area contributed by atoms with Gasteiger partial charge in [-0.3, -0.25) is 19.2 Å². The smallest absolute Gasteiger partial charge is 0.328 e. The number of rotatable bonds is 13. The van der Waals surface area contributed by atoms with E-state index in [0.29, 0.717) is 5.69 Å². The van der Waals surface area contributed by atoms with Crippen molar-refractivity contribution in [1.29, 1.82) is 0 Å². The van der Waals surface area contributed by atoms with Crippen molar-refractivity contribution in [2.24, 2.45) is 11.5 Å². The molecule has 0 saturated carbocycles. The Bertz CT molecular complexity index is 813. The fourth-order valence-electron chi connectivity index (χ4n) is 2.61. The molecule has 0 fully saturated rings. The third-order valence-corrected chi connectivity index (χ3v) is 4.44. The van der Waals surface area contributed by atoms with Crippen LogP contribution in [0.15, 0.2) is 12.5 Å². The Morgan fingerprint density at radius 2 is 1.75 bits per heavy atom. The van der Waals surface area contributed by atoms with Crippen LogP contribution in [0.5, 0.6) is 0 Å². The Labute approximate surface area is 183 Å². The average molecular weight is 455 g/mol. The quantitative estimate of drug-likeness (QED) is 0.147. The van der Waals surface area contributed by atoms with Crippen molar-refractivity contribution >= 4 is 29.6 Å². The van der Waals surface area contributed by atoms with Crippen molar-refractivity contribution in [3.63, 3.8) is 0 Å². The number of carbonyl (C=O) groups is 5. The van der Waals surface area contributed by atoms with Gasteiger partial charge in [0.15, 0.2) is 6.04 Å². The monoisotopic (exact) mass is 455 g/mol. The highest BCUT2D eigenvalue weighted by Gasteiger charge is 2.30. The Kier molecular flexibility index (Phi) is 10.2. The largest absolute Gasteiger partial charge is 0.480 e. The van der Waals surface area contributed by atoms with Gasteiger partial charge < -0.3 is 42.6 Å². The number of amides is 4. The van der Waals surface area contributed by atoms with Gasteiger partial charge in [0.2, 0.25) is 23.6 Å². The first-order valence-electron chi connectivity index (χ1n) is 9.75. The number of imidazole rings is 1. The fourth-order valence-corrected chi connectivity index (χ4v) is 2.61. The van der Waals surface area contributed by atoms with E-state index in [1.807, 2.05) is 0 Å². The number of carboxylic acid groups (broad SMARTS) is 1. The van der Waals surface area contributed by atoms with E-state index in [9.17, 15) is 29.1 Å². The number of primary amides is 1. The lowest BCUT2D eigenvalue weighted by atomic mass is 10.1. The topological polar surface area (TPSA) is 243 Å². The Morgan fingerprint density at radius 3 is 2.25 bits per heavy atom. The van der Waals surface area contributed by atoms with Crippen LogP contribution in [0, 0.1) is 0 Å². The van der Waals surface area contributed by atoms with Gasteiger partial charge in [-0.1, -0.05) is 0 Å². The molecular weight excluding hydrogens is 426 g/mol. The van der Waals surface area contributed by atoms with Crippen molar-refractivity contribution in [1.82, 2.24) is 25.9 Å². The van der Waals surface area contributed by atoms with E-state index in [0.717, 1.165) is 0 Å². The second-order valence-electron chi connectivity index (χ2n) is 7.25. The predicted octanol–water partition coefficient (Wildman–Crippen LogP) is -3.52. The van der Waals surface area contributed by atoms with Gasteiger partial charge in [0.25, 0.3) is 0 Å². The molecule has 0 aromatic carbocycles. The number of carboxylic acids is 1. The van der Waals surface area contributed by atoms with Gasteiger partial charge in [0.1, 0.15) is 12.1 Å². The Balaban J connectivity index is 2.78. The number of aliphatic carboxylic acids is 1. The SMILES string of the molecule is CC(NC(=O)C(CCC(N)=O)NC(=O)C(N)Cc1cnc[nH]1)C(=O)NC(C(=O)O)C(C)O. The number of aliphatic hydroxyl groups excluding tert-OH is 1. The molecule has 178 valence electrons. The van der Waals surface area contributed by atoms with Crippen LogP contribution < -0.4 is 27.4 Å². The molecule has 14 nitrogen and oxygen atoms in total. The molecule has 1 aromatic heterocycles. The number of hydrogen-bond donors (Lipinski definition) is 8. The number of aliphatic hydroxyl groups is 1. The lowest BCUT2D eigenvalue weighted by Gasteiger charge is -2.24. The van der Waals surface area contributed by atoms with Gasteiger partial charge in [-0.25, -0.2) is 9.78 Å². The molecule has 14 heteroatoms. The maximum absolute atomic E-state index is 12.6. The molecule has 0 spiro atoms. The maximum Gasteiger partial charge on any atom is 0.328 e. The normalized spacial score (nSPS) is 15.5. The number of nitrogens with one attached hydrogen (secondary N) is 4. The van der Waals surface area contributed by atoms with Crippen LogP contribution >= 0.6 is 0 Å². The van der Waals surface area contributed by atoms with Crippen LogP contribution in [0.2, 0.25) is 0 Å². The minimum Gasteiger partial charge on any atom is -0.480 e. The number of nitrogens with two attached hydrogens (primary N) is 2. The van der Waals surface area contributed by atoms with Crippen LogP contribution in [0.1, 0.15) is 32.4 Å². The zero-order chi connectivity index (χ0) is 24.4.